The van der Waals surface area contributed by atoms with E-state index in [2.05, 4.69) is 22.2 Å². The summed E-state index contributed by atoms with van der Waals surface area (Å²) in [5.41, 5.74) is 0.841. The molecule has 5 nitrogen and oxygen atoms in total. The van der Waals surface area contributed by atoms with Gasteiger partial charge in [0.15, 0.2) is 0 Å². The number of carbonyl (C=O) groups excluding carboxylic acids is 1. The molecule has 0 bridgehead atoms. The average Bonchev–Trinajstić information content (AvgIpc) is 2.84. The van der Waals surface area contributed by atoms with Crippen LogP contribution < -0.4 is 10.2 Å². The molecule has 0 aromatic carbocycles. The third-order valence-corrected chi connectivity index (χ3v) is 3.46. The third kappa shape index (κ3) is 2.61. The summed E-state index contributed by atoms with van der Waals surface area (Å²) in [6, 6.07) is 3.79. The summed E-state index contributed by atoms with van der Waals surface area (Å²) in [4.78, 5) is 20.4. The van der Waals surface area contributed by atoms with E-state index in [1.54, 1.807) is 11.1 Å². The largest absolute Gasteiger partial charge is 0.373 e. The van der Waals surface area contributed by atoms with Gasteiger partial charge in [-0.25, -0.2) is 4.98 Å². The average molecular weight is 248 g/mol. The van der Waals surface area contributed by atoms with Crippen LogP contribution in [0, 0.1) is 5.92 Å². The zero-order valence-electron chi connectivity index (χ0n) is 11.2. The molecule has 0 aliphatic carbocycles. The van der Waals surface area contributed by atoms with E-state index in [9.17, 15) is 4.79 Å². The molecule has 0 spiro atoms. The number of aromatic nitrogens is 1. The minimum absolute atomic E-state index is 0.115. The lowest BCUT2D eigenvalue weighted by Gasteiger charge is -2.21. The van der Waals surface area contributed by atoms with Crippen LogP contribution in [-0.2, 0) is 4.79 Å². The second-order valence-corrected chi connectivity index (χ2v) is 4.80. The summed E-state index contributed by atoms with van der Waals surface area (Å²) >= 11 is 0. The first-order chi connectivity index (χ1) is 8.61. The van der Waals surface area contributed by atoms with Crippen molar-refractivity contribution in [3.8, 4) is 0 Å². The molecule has 98 valence electrons. The third-order valence-electron chi connectivity index (χ3n) is 3.46. The predicted octanol–water partition coefficient (Wildman–Crippen LogP) is 1.04. The first kappa shape index (κ1) is 12.8. The highest BCUT2D eigenvalue weighted by Crippen LogP contribution is 2.21. The van der Waals surface area contributed by atoms with E-state index in [0.717, 1.165) is 31.0 Å². The lowest BCUT2D eigenvalue weighted by atomic mass is 10.1. The Bertz CT molecular complexity index is 418. The molecule has 0 radical (unpaired) electrons. The van der Waals surface area contributed by atoms with Crippen molar-refractivity contribution in [2.45, 2.75) is 6.42 Å². The van der Waals surface area contributed by atoms with Gasteiger partial charge in [-0.1, -0.05) is 0 Å². The van der Waals surface area contributed by atoms with Gasteiger partial charge >= 0.3 is 0 Å². The summed E-state index contributed by atoms with van der Waals surface area (Å²) in [7, 11) is 5.69. The van der Waals surface area contributed by atoms with Gasteiger partial charge in [-0.15, -0.1) is 0 Å². The minimum Gasteiger partial charge on any atom is -0.373 e. The molecule has 1 amide bonds. The van der Waals surface area contributed by atoms with E-state index in [1.807, 2.05) is 26.2 Å². The van der Waals surface area contributed by atoms with Crippen LogP contribution in [-0.4, -0.2) is 50.0 Å². The van der Waals surface area contributed by atoms with Gasteiger partial charge in [-0.3, -0.25) is 4.79 Å². The molecular weight excluding hydrogens is 228 g/mol. The normalized spacial score (nSPS) is 19.8. The fraction of sp³-hybridized carbons (Fsp3) is 0.538. The second-order valence-electron chi connectivity index (χ2n) is 4.80. The smallest absolute Gasteiger partial charge is 0.231 e. The molecule has 2 heterocycles. The molecule has 0 saturated carbocycles. The number of hydrogen-bond acceptors (Lipinski definition) is 4. The van der Waals surface area contributed by atoms with Crippen LogP contribution in [0.4, 0.5) is 11.5 Å². The number of nitrogens with zero attached hydrogens (tertiary/aromatic N) is 3. The monoisotopic (exact) mass is 248 g/mol. The molecule has 2 rings (SSSR count). The molecule has 1 aliphatic heterocycles. The van der Waals surface area contributed by atoms with Crippen LogP contribution in [0.2, 0.25) is 0 Å². The Hall–Kier alpha value is -1.62. The van der Waals surface area contributed by atoms with E-state index in [1.165, 1.54) is 0 Å². The Morgan fingerprint density at radius 1 is 1.56 bits per heavy atom. The molecule has 1 N–H and O–H groups in total. The molecule has 1 fully saturated rings. The van der Waals surface area contributed by atoms with E-state index < -0.39 is 0 Å². The van der Waals surface area contributed by atoms with Crippen LogP contribution >= 0.6 is 0 Å². The molecule has 1 unspecified atom stereocenters. The first-order valence-corrected chi connectivity index (χ1v) is 6.21. The number of amides is 1. The van der Waals surface area contributed by atoms with Crippen molar-refractivity contribution < 1.29 is 4.79 Å². The highest BCUT2D eigenvalue weighted by Gasteiger charge is 2.28. The van der Waals surface area contributed by atoms with Crippen molar-refractivity contribution >= 4 is 17.4 Å². The van der Waals surface area contributed by atoms with Gasteiger partial charge in [-0.05, 0) is 32.1 Å². The van der Waals surface area contributed by atoms with Crippen molar-refractivity contribution in [1.82, 2.24) is 9.88 Å². The van der Waals surface area contributed by atoms with Gasteiger partial charge in [0.05, 0.1) is 17.8 Å². The summed E-state index contributed by atoms with van der Waals surface area (Å²) < 4.78 is 0. The Morgan fingerprint density at radius 2 is 2.33 bits per heavy atom. The maximum atomic E-state index is 12.3. The Kier molecular flexibility index (Phi) is 3.81. The highest BCUT2D eigenvalue weighted by molar-refractivity contribution is 5.94. The zero-order chi connectivity index (χ0) is 13.1. The Morgan fingerprint density at radius 3 is 2.83 bits per heavy atom. The number of rotatable bonds is 3. The van der Waals surface area contributed by atoms with E-state index in [4.69, 9.17) is 0 Å². The van der Waals surface area contributed by atoms with Crippen molar-refractivity contribution in [3.05, 3.63) is 18.3 Å². The lowest BCUT2D eigenvalue weighted by Crippen LogP contribution is -2.34. The van der Waals surface area contributed by atoms with E-state index in [0.29, 0.717) is 0 Å². The standard InChI is InChI=1S/C13H20N4O/c1-14-12-5-4-11(8-15-12)17(3)13(18)10-6-7-16(2)9-10/h4-5,8,10H,6-7,9H2,1-3H3,(H,14,15). The van der Waals surface area contributed by atoms with E-state index >= 15 is 0 Å². The fourth-order valence-electron chi connectivity index (χ4n) is 2.27. The van der Waals surface area contributed by atoms with Gasteiger partial charge < -0.3 is 15.1 Å². The Labute approximate surface area is 108 Å². The molecule has 5 heteroatoms. The topological polar surface area (TPSA) is 48.5 Å². The van der Waals surface area contributed by atoms with E-state index in [-0.39, 0.29) is 11.8 Å². The summed E-state index contributed by atoms with van der Waals surface area (Å²) in [5, 5.41) is 2.96. The first-order valence-electron chi connectivity index (χ1n) is 6.21. The lowest BCUT2D eigenvalue weighted by molar-refractivity contribution is -0.121. The fourth-order valence-corrected chi connectivity index (χ4v) is 2.27. The SMILES string of the molecule is CNc1ccc(N(C)C(=O)C2CCN(C)C2)cn1. The van der Waals surface area contributed by atoms with Crippen LogP contribution in [0.5, 0.6) is 0 Å². The number of pyridine rings is 1. The molecule has 1 aliphatic rings. The van der Waals surface area contributed by atoms with Crippen LogP contribution in [0.1, 0.15) is 6.42 Å². The highest BCUT2D eigenvalue weighted by atomic mass is 16.2. The zero-order valence-corrected chi connectivity index (χ0v) is 11.2. The van der Waals surface area contributed by atoms with Crippen LogP contribution in [0.25, 0.3) is 0 Å². The second kappa shape index (κ2) is 5.35. The number of anilines is 2. The minimum atomic E-state index is 0.115. The number of hydrogen-bond donors (Lipinski definition) is 1. The van der Waals surface area contributed by atoms with Crippen molar-refractivity contribution in [2.75, 3.05) is 44.4 Å². The number of likely N-dealkylation sites (tertiary alicyclic amines) is 1. The van der Waals surface area contributed by atoms with Crippen LogP contribution in [0.15, 0.2) is 18.3 Å². The molecule has 1 atom stereocenters. The van der Waals surface area contributed by atoms with Gasteiger partial charge in [0, 0.05) is 20.6 Å². The summed E-state index contributed by atoms with van der Waals surface area (Å²) in [6.45, 7) is 1.85. The number of carbonyl (C=O) groups is 1. The predicted molar refractivity (Wildman–Crippen MR) is 72.8 cm³/mol. The van der Waals surface area contributed by atoms with Gasteiger partial charge in [0.2, 0.25) is 5.91 Å². The quantitative estimate of drug-likeness (QED) is 0.868. The molecule has 1 aromatic heterocycles. The molecular formula is C13H20N4O. The molecule has 18 heavy (non-hydrogen) atoms. The van der Waals surface area contributed by atoms with Gasteiger partial charge in [0.25, 0.3) is 0 Å². The molecule has 1 aromatic rings. The van der Waals surface area contributed by atoms with Crippen molar-refractivity contribution in [2.24, 2.45) is 5.92 Å². The van der Waals surface area contributed by atoms with Crippen molar-refractivity contribution in [1.29, 1.82) is 0 Å². The summed E-state index contributed by atoms with van der Waals surface area (Å²) in [6.07, 6.45) is 2.67. The van der Waals surface area contributed by atoms with Gasteiger partial charge in [-0.2, -0.15) is 0 Å². The van der Waals surface area contributed by atoms with Crippen molar-refractivity contribution in [3.63, 3.8) is 0 Å². The molecule has 1 saturated heterocycles. The Balaban J connectivity index is 2.05. The maximum Gasteiger partial charge on any atom is 0.231 e. The van der Waals surface area contributed by atoms with Crippen LogP contribution in [0.3, 0.4) is 0 Å². The summed E-state index contributed by atoms with van der Waals surface area (Å²) in [5.74, 6) is 1.10. The number of nitrogens with one attached hydrogen (secondary N) is 1. The maximum absolute atomic E-state index is 12.3. The van der Waals surface area contributed by atoms with Gasteiger partial charge in [0.1, 0.15) is 5.82 Å².